The normalized spacial score (nSPS) is 12.2. The van der Waals surface area contributed by atoms with E-state index in [4.69, 9.17) is 10.5 Å². The molecular weight excluding hydrogens is 264 g/mol. The van der Waals surface area contributed by atoms with E-state index in [0.717, 1.165) is 12.1 Å². The van der Waals surface area contributed by atoms with Crippen molar-refractivity contribution < 1.29 is 18.6 Å². The number of hydrogen-bond donors (Lipinski definition) is 2. The quantitative estimate of drug-likeness (QED) is 0.849. The van der Waals surface area contributed by atoms with Crippen LogP contribution in [0.5, 0.6) is 5.75 Å². The lowest BCUT2D eigenvalue weighted by molar-refractivity contribution is 0.209. The number of halogens is 2. The topological polar surface area (TPSA) is 55.5 Å². The van der Waals surface area contributed by atoms with Crippen molar-refractivity contribution in [1.29, 1.82) is 0 Å². The molecule has 0 spiro atoms. The summed E-state index contributed by atoms with van der Waals surface area (Å²) < 4.78 is 32.5. The van der Waals surface area contributed by atoms with Crippen LogP contribution in [0.25, 0.3) is 0 Å². The smallest absolute Gasteiger partial charge is 0.132 e. The minimum atomic E-state index is -1.47. The maximum Gasteiger partial charge on any atom is 0.132 e. The first kappa shape index (κ1) is 14.3. The van der Waals surface area contributed by atoms with Gasteiger partial charge < -0.3 is 15.6 Å². The minimum Gasteiger partial charge on any atom is -0.496 e. The Morgan fingerprint density at radius 2 is 1.80 bits per heavy atom. The zero-order valence-corrected chi connectivity index (χ0v) is 11.2. The average Bonchev–Trinajstić information content (AvgIpc) is 2.40. The number of ether oxygens (including phenoxy) is 1. The number of methoxy groups -OCH3 is 1. The second kappa shape index (κ2) is 5.46. The van der Waals surface area contributed by atoms with Crippen molar-refractivity contribution in [2.24, 2.45) is 0 Å². The van der Waals surface area contributed by atoms with Crippen LogP contribution in [0, 0.1) is 18.6 Å². The monoisotopic (exact) mass is 279 g/mol. The number of aliphatic hydroxyl groups is 1. The molecular formula is C15H15F2NO2. The molecule has 0 unspecified atom stereocenters. The number of nitrogens with two attached hydrogens (primary N) is 1. The Kier molecular flexibility index (Phi) is 3.90. The first-order valence-corrected chi connectivity index (χ1v) is 6.01. The molecule has 0 aliphatic heterocycles. The van der Waals surface area contributed by atoms with Gasteiger partial charge in [-0.05, 0) is 30.7 Å². The van der Waals surface area contributed by atoms with E-state index in [2.05, 4.69) is 0 Å². The SMILES string of the molecule is COc1cc(N)c([C@H](O)c2c(F)cccc2F)cc1C. The molecule has 20 heavy (non-hydrogen) atoms. The number of hydrogen-bond acceptors (Lipinski definition) is 3. The molecule has 3 N–H and O–H groups in total. The molecule has 0 saturated carbocycles. The Morgan fingerprint density at radius 1 is 1.20 bits per heavy atom. The molecule has 3 nitrogen and oxygen atoms in total. The fraction of sp³-hybridized carbons (Fsp3) is 0.200. The second-order valence-corrected chi connectivity index (χ2v) is 4.49. The Hall–Kier alpha value is -2.14. The molecule has 0 aliphatic rings. The Labute approximate surface area is 115 Å². The van der Waals surface area contributed by atoms with Gasteiger partial charge >= 0.3 is 0 Å². The highest BCUT2D eigenvalue weighted by Crippen LogP contribution is 2.34. The van der Waals surface area contributed by atoms with E-state index in [9.17, 15) is 13.9 Å². The van der Waals surface area contributed by atoms with Crippen LogP contribution in [0.2, 0.25) is 0 Å². The number of nitrogen functional groups attached to an aromatic ring is 1. The van der Waals surface area contributed by atoms with Gasteiger partial charge in [0.25, 0.3) is 0 Å². The summed E-state index contributed by atoms with van der Waals surface area (Å²) in [4.78, 5) is 0. The van der Waals surface area contributed by atoms with Gasteiger partial charge in [-0.1, -0.05) is 6.07 Å². The first-order chi connectivity index (χ1) is 9.45. The maximum absolute atomic E-state index is 13.7. The summed E-state index contributed by atoms with van der Waals surface area (Å²) in [5.74, 6) is -1.08. The van der Waals surface area contributed by atoms with Crippen LogP contribution in [0.1, 0.15) is 22.8 Å². The van der Waals surface area contributed by atoms with Crippen LogP contribution >= 0.6 is 0 Å². The summed E-state index contributed by atoms with van der Waals surface area (Å²) in [7, 11) is 1.49. The molecule has 0 aliphatic carbocycles. The highest BCUT2D eigenvalue weighted by atomic mass is 19.1. The third-order valence-corrected chi connectivity index (χ3v) is 3.17. The second-order valence-electron chi connectivity index (χ2n) is 4.49. The molecule has 0 radical (unpaired) electrons. The fourth-order valence-electron chi connectivity index (χ4n) is 2.11. The van der Waals surface area contributed by atoms with Crippen LogP contribution in [-0.2, 0) is 0 Å². The first-order valence-electron chi connectivity index (χ1n) is 6.01. The Balaban J connectivity index is 2.54. The fourth-order valence-corrected chi connectivity index (χ4v) is 2.11. The predicted octanol–water partition coefficient (Wildman–Crippen LogP) is 2.95. The number of aliphatic hydroxyl groups excluding tert-OH is 1. The van der Waals surface area contributed by atoms with Crippen molar-refractivity contribution in [2.75, 3.05) is 12.8 Å². The van der Waals surface area contributed by atoms with Gasteiger partial charge in [-0.15, -0.1) is 0 Å². The van der Waals surface area contributed by atoms with Gasteiger partial charge in [0.1, 0.15) is 23.5 Å². The van der Waals surface area contributed by atoms with Gasteiger partial charge in [0.15, 0.2) is 0 Å². The molecule has 0 heterocycles. The average molecular weight is 279 g/mol. The van der Waals surface area contributed by atoms with Gasteiger partial charge in [0.05, 0.1) is 12.7 Å². The predicted molar refractivity (Wildman–Crippen MR) is 72.6 cm³/mol. The third-order valence-electron chi connectivity index (χ3n) is 3.17. The van der Waals surface area contributed by atoms with Crippen LogP contribution < -0.4 is 10.5 Å². The van der Waals surface area contributed by atoms with Gasteiger partial charge in [-0.2, -0.15) is 0 Å². The molecule has 0 amide bonds. The summed E-state index contributed by atoms with van der Waals surface area (Å²) in [6.45, 7) is 1.76. The van der Waals surface area contributed by atoms with Gasteiger partial charge in [0, 0.05) is 17.3 Å². The van der Waals surface area contributed by atoms with E-state index in [1.807, 2.05) is 0 Å². The van der Waals surface area contributed by atoms with Crippen molar-refractivity contribution in [3.63, 3.8) is 0 Å². The van der Waals surface area contributed by atoms with Crippen LogP contribution in [0.4, 0.5) is 14.5 Å². The standard InChI is InChI=1S/C15H15F2NO2/c1-8-6-9(12(18)7-13(8)20-2)15(19)14-10(16)4-3-5-11(14)17/h3-7,15,19H,18H2,1-2H3/t15-/m0/s1. The zero-order valence-electron chi connectivity index (χ0n) is 11.2. The van der Waals surface area contributed by atoms with Crippen LogP contribution in [0.15, 0.2) is 30.3 Å². The number of anilines is 1. The third kappa shape index (κ3) is 2.44. The summed E-state index contributed by atoms with van der Waals surface area (Å²) >= 11 is 0. The lowest BCUT2D eigenvalue weighted by Gasteiger charge is -2.17. The molecule has 0 saturated heterocycles. The molecule has 0 fully saturated rings. The van der Waals surface area contributed by atoms with E-state index in [1.54, 1.807) is 13.0 Å². The molecule has 106 valence electrons. The van der Waals surface area contributed by atoms with Gasteiger partial charge in [-0.3, -0.25) is 0 Å². The van der Waals surface area contributed by atoms with E-state index in [1.165, 1.54) is 19.2 Å². The lowest BCUT2D eigenvalue weighted by Crippen LogP contribution is -2.09. The van der Waals surface area contributed by atoms with Crippen molar-refractivity contribution in [1.82, 2.24) is 0 Å². The molecule has 0 bridgehead atoms. The molecule has 0 aromatic heterocycles. The molecule has 1 atom stereocenters. The number of benzene rings is 2. The van der Waals surface area contributed by atoms with Crippen molar-refractivity contribution in [3.8, 4) is 5.75 Å². The van der Waals surface area contributed by atoms with Gasteiger partial charge in [-0.25, -0.2) is 8.78 Å². The van der Waals surface area contributed by atoms with Crippen LogP contribution in [0.3, 0.4) is 0 Å². The van der Waals surface area contributed by atoms with Gasteiger partial charge in [0.2, 0.25) is 0 Å². The number of aryl methyl sites for hydroxylation is 1. The molecule has 5 heteroatoms. The number of rotatable bonds is 3. The van der Waals surface area contributed by atoms with Crippen LogP contribution in [-0.4, -0.2) is 12.2 Å². The van der Waals surface area contributed by atoms with Crippen molar-refractivity contribution in [2.45, 2.75) is 13.0 Å². The minimum absolute atomic E-state index is 0.211. The van der Waals surface area contributed by atoms with Crippen molar-refractivity contribution in [3.05, 3.63) is 58.7 Å². The highest BCUT2D eigenvalue weighted by molar-refractivity contribution is 5.57. The largest absolute Gasteiger partial charge is 0.496 e. The Morgan fingerprint density at radius 3 is 2.35 bits per heavy atom. The highest BCUT2D eigenvalue weighted by Gasteiger charge is 2.22. The van der Waals surface area contributed by atoms with E-state index < -0.39 is 23.3 Å². The van der Waals surface area contributed by atoms with Crippen molar-refractivity contribution >= 4 is 5.69 Å². The maximum atomic E-state index is 13.7. The Bertz CT molecular complexity index is 624. The van der Waals surface area contributed by atoms with E-state index in [-0.39, 0.29) is 11.3 Å². The van der Waals surface area contributed by atoms with E-state index in [0.29, 0.717) is 11.3 Å². The zero-order chi connectivity index (χ0) is 14.9. The summed E-state index contributed by atoms with van der Waals surface area (Å²) in [6, 6.07) is 6.50. The summed E-state index contributed by atoms with van der Waals surface area (Å²) in [5, 5.41) is 10.2. The van der Waals surface area contributed by atoms with E-state index >= 15 is 0 Å². The summed E-state index contributed by atoms with van der Waals surface area (Å²) in [5.41, 5.74) is 6.58. The summed E-state index contributed by atoms with van der Waals surface area (Å²) in [6.07, 6.45) is -1.47. The molecule has 2 rings (SSSR count). The molecule has 2 aromatic rings. The molecule has 2 aromatic carbocycles. The lowest BCUT2D eigenvalue weighted by atomic mass is 9.97.